The molecule has 2 aromatic rings. The lowest BCUT2D eigenvalue weighted by Gasteiger charge is -2.18. The zero-order valence-electron chi connectivity index (χ0n) is 14.3. The van der Waals surface area contributed by atoms with Gasteiger partial charge in [-0.25, -0.2) is 13.4 Å². The molecule has 0 aromatic heterocycles. The maximum atomic E-state index is 15.0. The van der Waals surface area contributed by atoms with Crippen LogP contribution in [0.15, 0.2) is 24.3 Å². The molecule has 1 aliphatic rings. The summed E-state index contributed by atoms with van der Waals surface area (Å²) >= 11 is 0. The van der Waals surface area contributed by atoms with Crippen LogP contribution >= 0.6 is 0 Å². The van der Waals surface area contributed by atoms with Crippen molar-refractivity contribution in [3.8, 4) is 5.75 Å². The van der Waals surface area contributed by atoms with Crippen LogP contribution in [-0.4, -0.2) is 58.1 Å². The van der Waals surface area contributed by atoms with Crippen LogP contribution in [-0.2, 0) is 15.0 Å². The van der Waals surface area contributed by atoms with Crippen LogP contribution in [0.3, 0.4) is 0 Å². The fourth-order valence-corrected chi connectivity index (χ4v) is 3.91. The molecule has 1 heterocycles. The van der Waals surface area contributed by atoms with E-state index >= 15 is 4.39 Å². The summed E-state index contributed by atoms with van der Waals surface area (Å²) in [5.74, 6) is -2.25. The summed E-state index contributed by atoms with van der Waals surface area (Å²) in [6, 6.07) is 6.19. The molecular formula is C16H19FN4O4S. The molecular weight excluding hydrogens is 363 g/mol. The molecule has 1 aliphatic heterocycles. The van der Waals surface area contributed by atoms with Crippen molar-refractivity contribution in [1.29, 1.82) is 0 Å². The second-order valence-corrected chi connectivity index (χ2v) is 7.86. The number of hydrogen-bond acceptors (Lipinski definition) is 6. The third-order valence-corrected chi connectivity index (χ3v) is 5.37. The Kier molecular flexibility index (Phi) is 4.63. The number of nitrogens with one attached hydrogen (secondary N) is 2. The number of amides is 1. The molecule has 0 spiro atoms. The van der Waals surface area contributed by atoms with Gasteiger partial charge < -0.3 is 15.3 Å². The number of rotatable bonds is 5. The van der Waals surface area contributed by atoms with E-state index in [-0.39, 0.29) is 5.39 Å². The van der Waals surface area contributed by atoms with Gasteiger partial charge in [-0.05, 0) is 37.7 Å². The van der Waals surface area contributed by atoms with E-state index in [0.717, 1.165) is 6.54 Å². The normalized spacial score (nSPS) is 16.3. The Labute approximate surface area is 150 Å². The highest BCUT2D eigenvalue weighted by molar-refractivity contribution is 7.92. The van der Waals surface area contributed by atoms with Crippen LogP contribution in [0.1, 0.15) is 0 Å². The first-order valence-corrected chi connectivity index (χ1v) is 9.30. The lowest BCUT2D eigenvalue weighted by molar-refractivity contribution is -0.117. The van der Waals surface area contributed by atoms with E-state index in [9.17, 15) is 18.3 Å². The average molecular weight is 382 g/mol. The van der Waals surface area contributed by atoms with E-state index in [1.165, 1.54) is 6.07 Å². The topological polar surface area (TPSA) is 102 Å². The Hall–Kier alpha value is -2.59. The molecule has 0 bridgehead atoms. The molecule has 1 saturated heterocycles. The minimum absolute atomic E-state index is 0.141. The molecule has 0 atom stereocenters. The fraction of sp³-hybridized carbons (Fsp3) is 0.312. The van der Waals surface area contributed by atoms with Crippen molar-refractivity contribution in [2.24, 2.45) is 0 Å². The number of anilines is 2. The largest absolute Gasteiger partial charge is 0.506 e. The third kappa shape index (κ3) is 3.37. The molecule has 1 fully saturated rings. The highest BCUT2D eigenvalue weighted by Crippen LogP contribution is 2.38. The number of hydrogen-bond donors (Lipinski definition) is 3. The maximum Gasteiger partial charge on any atom is 0.326 e. The van der Waals surface area contributed by atoms with Gasteiger partial charge in [-0.2, -0.15) is 8.42 Å². The lowest BCUT2D eigenvalue weighted by atomic mass is 10.1. The Bertz CT molecular complexity index is 978. The van der Waals surface area contributed by atoms with Crippen molar-refractivity contribution in [3.63, 3.8) is 0 Å². The van der Waals surface area contributed by atoms with Crippen molar-refractivity contribution in [3.05, 3.63) is 30.1 Å². The first-order valence-electron chi connectivity index (χ1n) is 7.86. The van der Waals surface area contributed by atoms with Crippen molar-refractivity contribution < 1.29 is 22.7 Å². The summed E-state index contributed by atoms with van der Waals surface area (Å²) in [5, 5.41) is 13.8. The number of likely N-dealkylation sites (N-methyl/N-ethyl adjacent to an activating group) is 1. The Morgan fingerprint density at radius 2 is 2.08 bits per heavy atom. The predicted octanol–water partition coefficient (Wildman–Crippen LogP) is 0.839. The number of phenolic OH excluding ortho intramolecular Hbond substituents is 1. The summed E-state index contributed by atoms with van der Waals surface area (Å²) in [6.45, 7) is 0.838. The van der Waals surface area contributed by atoms with Gasteiger partial charge in [-0.15, -0.1) is 0 Å². The van der Waals surface area contributed by atoms with Gasteiger partial charge in [0.15, 0.2) is 5.82 Å². The van der Waals surface area contributed by atoms with E-state index in [1.807, 2.05) is 19.0 Å². The Balaban J connectivity index is 2.04. The average Bonchev–Trinajstić information content (AvgIpc) is 2.80. The lowest BCUT2D eigenvalue weighted by Crippen LogP contribution is -2.30. The minimum Gasteiger partial charge on any atom is -0.506 e. The standard InChI is InChI=1S/C16H19FN4O4S/c1-20(2)6-5-18-11-4-3-10-7-13(22)16(15(17)12(10)8-11)21-9-14(23)19-26(21,24)25/h3-4,7-8,18,22H,5-6,9H2,1-2H3,(H,19,23). The quantitative estimate of drug-likeness (QED) is 0.708. The van der Waals surface area contributed by atoms with Gasteiger partial charge in [-0.1, -0.05) is 6.07 Å². The summed E-state index contributed by atoms with van der Waals surface area (Å²) in [7, 11) is -0.358. The molecule has 3 rings (SSSR count). The smallest absolute Gasteiger partial charge is 0.326 e. The summed E-state index contributed by atoms with van der Waals surface area (Å²) in [5.41, 5.74) is 0.120. The van der Waals surface area contributed by atoms with Gasteiger partial charge in [0, 0.05) is 24.2 Å². The number of carbonyl (C=O) groups excluding carboxylic acids is 1. The van der Waals surface area contributed by atoms with E-state index < -0.39 is 39.9 Å². The molecule has 1 amide bonds. The molecule has 10 heteroatoms. The molecule has 0 aliphatic carbocycles. The van der Waals surface area contributed by atoms with Crippen LogP contribution in [0, 0.1) is 5.82 Å². The highest BCUT2D eigenvalue weighted by Gasteiger charge is 2.37. The van der Waals surface area contributed by atoms with Crippen LogP contribution in [0.25, 0.3) is 10.8 Å². The Morgan fingerprint density at radius 3 is 2.69 bits per heavy atom. The first kappa shape index (κ1) is 18.2. The number of aromatic hydroxyl groups is 1. The van der Waals surface area contributed by atoms with E-state index in [0.29, 0.717) is 21.9 Å². The van der Waals surface area contributed by atoms with Gasteiger partial charge in [0.05, 0.1) is 0 Å². The fourth-order valence-electron chi connectivity index (χ4n) is 2.74. The van der Waals surface area contributed by atoms with Gasteiger partial charge in [0.25, 0.3) is 5.91 Å². The molecule has 140 valence electrons. The van der Waals surface area contributed by atoms with Gasteiger partial charge in [-0.3, -0.25) is 4.79 Å². The second kappa shape index (κ2) is 6.61. The minimum atomic E-state index is -4.22. The number of nitrogens with zero attached hydrogens (tertiary/aromatic N) is 2. The SMILES string of the molecule is CN(C)CCNc1ccc2cc(O)c(N3CC(=O)NS3(=O)=O)c(F)c2c1. The van der Waals surface area contributed by atoms with Crippen LogP contribution < -0.4 is 14.3 Å². The van der Waals surface area contributed by atoms with Crippen molar-refractivity contribution >= 4 is 38.3 Å². The van der Waals surface area contributed by atoms with E-state index in [4.69, 9.17) is 0 Å². The highest BCUT2D eigenvalue weighted by atomic mass is 32.2. The Morgan fingerprint density at radius 1 is 1.35 bits per heavy atom. The molecule has 8 nitrogen and oxygen atoms in total. The van der Waals surface area contributed by atoms with Crippen LogP contribution in [0.5, 0.6) is 5.75 Å². The zero-order valence-corrected chi connectivity index (χ0v) is 15.1. The molecule has 0 radical (unpaired) electrons. The first-order chi connectivity index (χ1) is 12.2. The van der Waals surface area contributed by atoms with Crippen molar-refractivity contribution in [2.45, 2.75) is 0 Å². The maximum absolute atomic E-state index is 15.0. The summed E-state index contributed by atoms with van der Waals surface area (Å²) < 4.78 is 41.3. The summed E-state index contributed by atoms with van der Waals surface area (Å²) in [4.78, 5) is 13.4. The van der Waals surface area contributed by atoms with Gasteiger partial charge in [0.1, 0.15) is 18.0 Å². The van der Waals surface area contributed by atoms with E-state index in [2.05, 4.69) is 5.32 Å². The van der Waals surface area contributed by atoms with Crippen molar-refractivity contribution in [1.82, 2.24) is 9.62 Å². The number of benzene rings is 2. The van der Waals surface area contributed by atoms with Crippen LogP contribution in [0.2, 0.25) is 0 Å². The van der Waals surface area contributed by atoms with Crippen LogP contribution in [0.4, 0.5) is 15.8 Å². The van der Waals surface area contributed by atoms with Gasteiger partial charge >= 0.3 is 10.2 Å². The number of fused-ring (bicyclic) bond motifs is 1. The molecule has 2 aromatic carbocycles. The second-order valence-electron chi connectivity index (χ2n) is 6.26. The molecule has 0 unspecified atom stereocenters. The monoisotopic (exact) mass is 382 g/mol. The molecule has 3 N–H and O–H groups in total. The third-order valence-electron chi connectivity index (χ3n) is 3.99. The number of carbonyl (C=O) groups is 1. The number of phenols is 1. The van der Waals surface area contributed by atoms with E-state index in [1.54, 1.807) is 22.9 Å². The van der Waals surface area contributed by atoms with Crippen molar-refractivity contribution in [2.75, 3.05) is 43.4 Å². The molecule has 26 heavy (non-hydrogen) atoms. The zero-order chi connectivity index (χ0) is 19.1. The summed E-state index contributed by atoms with van der Waals surface area (Å²) in [6.07, 6.45) is 0. The molecule has 0 saturated carbocycles. The number of halogens is 1. The van der Waals surface area contributed by atoms with Gasteiger partial charge in [0.2, 0.25) is 0 Å². The predicted molar refractivity (Wildman–Crippen MR) is 97.0 cm³/mol.